The number of hydrogen-bond acceptors (Lipinski definition) is 1. The van der Waals surface area contributed by atoms with Crippen LogP contribution in [0, 0.1) is 16.7 Å². The molecule has 3 aliphatic carbocycles. The van der Waals surface area contributed by atoms with Gasteiger partial charge in [-0.3, -0.25) is 0 Å². The van der Waals surface area contributed by atoms with E-state index in [2.05, 4.69) is 13.8 Å². The van der Waals surface area contributed by atoms with Crippen LogP contribution in [0.15, 0.2) is 0 Å². The van der Waals surface area contributed by atoms with E-state index in [1.807, 2.05) is 13.8 Å². The predicted octanol–water partition coefficient (Wildman–Crippen LogP) is 2.58. The number of aliphatic hydroxyl groups is 1. The van der Waals surface area contributed by atoms with Crippen molar-refractivity contribution in [2.75, 3.05) is 0 Å². The molecule has 3 aliphatic rings. The van der Waals surface area contributed by atoms with Gasteiger partial charge < -0.3 is 5.11 Å². The van der Waals surface area contributed by atoms with Crippen molar-refractivity contribution >= 4 is 0 Å². The van der Waals surface area contributed by atoms with E-state index in [0.29, 0.717) is 10.8 Å². The molecular formula is C11H20O. The van der Waals surface area contributed by atoms with E-state index in [4.69, 9.17) is 0 Å². The van der Waals surface area contributed by atoms with Gasteiger partial charge in [0.05, 0.1) is 5.60 Å². The van der Waals surface area contributed by atoms with Gasteiger partial charge in [-0.2, -0.15) is 0 Å². The zero-order valence-corrected chi connectivity index (χ0v) is 8.65. The van der Waals surface area contributed by atoms with E-state index < -0.39 is 5.60 Å². The Kier molecular flexibility index (Phi) is 1.35. The van der Waals surface area contributed by atoms with Crippen molar-refractivity contribution in [2.45, 2.75) is 52.6 Å². The summed E-state index contributed by atoms with van der Waals surface area (Å²) in [4.78, 5) is 0. The van der Waals surface area contributed by atoms with Gasteiger partial charge in [0, 0.05) is 5.41 Å². The monoisotopic (exact) mass is 168 g/mol. The van der Waals surface area contributed by atoms with E-state index in [0.717, 1.165) is 5.92 Å². The lowest BCUT2D eigenvalue weighted by Crippen LogP contribution is -2.71. The molecule has 1 nitrogen and oxygen atoms in total. The maximum absolute atomic E-state index is 9.93. The fourth-order valence-corrected chi connectivity index (χ4v) is 3.13. The van der Waals surface area contributed by atoms with Crippen LogP contribution in [0.3, 0.4) is 0 Å². The quantitative estimate of drug-likeness (QED) is 0.672. The zero-order valence-electron chi connectivity index (χ0n) is 8.65. The lowest BCUT2D eigenvalue weighted by Gasteiger charge is -2.76. The minimum absolute atomic E-state index is 0.303. The van der Waals surface area contributed by atoms with Crippen LogP contribution in [0.25, 0.3) is 0 Å². The molecule has 3 saturated carbocycles. The highest BCUT2D eigenvalue weighted by Gasteiger charge is 2.73. The standard InChI is InChI=1S/C11H20O/c1-8(2)10-5-11(6-10,7-10)9(3,4)12/h8,12H,5-7H2,1-4H3. The molecule has 0 spiro atoms. The smallest absolute Gasteiger partial charge is 0.0648 e. The van der Waals surface area contributed by atoms with Gasteiger partial charge >= 0.3 is 0 Å². The summed E-state index contributed by atoms with van der Waals surface area (Å²) in [6, 6.07) is 0. The van der Waals surface area contributed by atoms with Crippen molar-refractivity contribution in [3.05, 3.63) is 0 Å². The van der Waals surface area contributed by atoms with Crippen LogP contribution in [-0.2, 0) is 0 Å². The fraction of sp³-hybridized carbons (Fsp3) is 1.00. The molecule has 12 heavy (non-hydrogen) atoms. The summed E-state index contributed by atoms with van der Waals surface area (Å²) in [5.41, 5.74) is 0.487. The Hall–Kier alpha value is -0.0400. The molecule has 0 atom stereocenters. The summed E-state index contributed by atoms with van der Waals surface area (Å²) >= 11 is 0. The first-order valence-electron chi connectivity index (χ1n) is 5.04. The molecular weight excluding hydrogens is 148 g/mol. The Morgan fingerprint density at radius 2 is 1.58 bits per heavy atom. The van der Waals surface area contributed by atoms with Crippen LogP contribution >= 0.6 is 0 Å². The van der Waals surface area contributed by atoms with E-state index >= 15 is 0 Å². The van der Waals surface area contributed by atoms with Crippen LogP contribution in [0.4, 0.5) is 0 Å². The van der Waals surface area contributed by atoms with Gasteiger partial charge in [-0.1, -0.05) is 13.8 Å². The van der Waals surface area contributed by atoms with E-state index in [1.54, 1.807) is 0 Å². The van der Waals surface area contributed by atoms with Gasteiger partial charge in [0.1, 0.15) is 0 Å². The van der Waals surface area contributed by atoms with Crippen LogP contribution in [-0.4, -0.2) is 10.7 Å². The zero-order chi connectivity index (χ0) is 9.20. The second-order valence-electron chi connectivity index (χ2n) is 5.89. The molecule has 1 N–H and O–H groups in total. The molecule has 0 amide bonds. The summed E-state index contributed by atoms with van der Waals surface area (Å²) in [5.74, 6) is 0.807. The molecule has 0 aromatic carbocycles. The molecule has 0 radical (unpaired) electrons. The van der Waals surface area contributed by atoms with Gasteiger partial charge in [0.15, 0.2) is 0 Å². The summed E-state index contributed by atoms with van der Waals surface area (Å²) in [6.45, 7) is 8.56. The molecule has 0 saturated heterocycles. The first-order valence-corrected chi connectivity index (χ1v) is 5.04. The molecule has 0 unspecified atom stereocenters. The van der Waals surface area contributed by atoms with E-state index in [-0.39, 0.29) is 0 Å². The van der Waals surface area contributed by atoms with Crippen molar-refractivity contribution < 1.29 is 5.11 Å². The van der Waals surface area contributed by atoms with Crippen LogP contribution in [0.5, 0.6) is 0 Å². The first-order chi connectivity index (χ1) is 5.31. The number of hydrogen-bond donors (Lipinski definition) is 1. The number of rotatable bonds is 2. The average Bonchev–Trinajstić information content (AvgIpc) is 1.46. The largest absolute Gasteiger partial charge is 0.390 e. The van der Waals surface area contributed by atoms with Crippen LogP contribution in [0.1, 0.15) is 47.0 Å². The Bertz CT molecular complexity index is 190. The summed E-state index contributed by atoms with van der Waals surface area (Å²) in [6.07, 6.45) is 3.80. The molecule has 0 aromatic rings. The summed E-state index contributed by atoms with van der Waals surface area (Å²) < 4.78 is 0. The molecule has 1 heteroatoms. The molecule has 3 rings (SSSR count). The van der Waals surface area contributed by atoms with Crippen LogP contribution < -0.4 is 0 Å². The van der Waals surface area contributed by atoms with Crippen LogP contribution in [0.2, 0.25) is 0 Å². The molecule has 0 aromatic heterocycles. The maximum atomic E-state index is 9.93. The van der Waals surface area contributed by atoms with Gasteiger partial charge in [-0.25, -0.2) is 0 Å². The molecule has 3 fully saturated rings. The molecule has 0 heterocycles. The van der Waals surface area contributed by atoms with Crippen molar-refractivity contribution in [2.24, 2.45) is 16.7 Å². The van der Waals surface area contributed by atoms with Gasteiger partial charge in [-0.05, 0) is 44.4 Å². The van der Waals surface area contributed by atoms with Gasteiger partial charge in [-0.15, -0.1) is 0 Å². The Morgan fingerprint density at radius 3 is 1.83 bits per heavy atom. The van der Waals surface area contributed by atoms with Gasteiger partial charge in [0.25, 0.3) is 0 Å². The highest BCUT2D eigenvalue weighted by Crippen LogP contribution is 2.79. The average molecular weight is 168 g/mol. The van der Waals surface area contributed by atoms with Gasteiger partial charge in [0.2, 0.25) is 0 Å². The molecule has 0 aliphatic heterocycles. The fourth-order valence-electron chi connectivity index (χ4n) is 3.13. The highest BCUT2D eigenvalue weighted by atomic mass is 16.3. The topological polar surface area (TPSA) is 20.2 Å². The van der Waals surface area contributed by atoms with Crippen molar-refractivity contribution in [3.63, 3.8) is 0 Å². The van der Waals surface area contributed by atoms with Crippen molar-refractivity contribution in [3.8, 4) is 0 Å². The maximum Gasteiger partial charge on any atom is 0.0648 e. The molecule has 2 bridgehead atoms. The summed E-state index contributed by atoms with van der Waals surface area (Å²) in [7, 11) is 0. The Balaban J connectivity index is 2.05. The lowest BCUT2D eigenvalue weighted by atomic mass is 9.29. The van der Waals surface area contributed by atoms with E-state index in [1.165, 1.54) is 19.3 Å². The SMILES string of the molecule is CC(C)C12CC(C(C)(C)O)(C1)C2. The Morgan fingerprint density at radius 1 is 1.17 bits per heavy atom. The Labute approximate surface area is 75.2 Å². The third-order valence-corrected chi connectivity index (χ3v) is 4.59. The van der Waals surface area contributed by atoms with E-state index in [9.17, 15) is 5.11 Å². The third kappa shape index (κ3) is 0.736. The normalized spacial score (nSPS) is 45.5. The summed E-state index contributed by atoms with van der Waals surface area (Å²) in [5, 5.41) is 9.93. The lowest BCUT2D eigenvalue weighted by molar-refractivity contribution is -0.303. The first kappa shape index (κ1) is 8.55. The van der Waals surface area contributed by atoms with Crippen molar-refractivity contribution in [1.29, 1.82) is 0 Å². The minimum atomic E-state index is -0.441. The third-order valence-electron chi connectivity index (χ3n) is 4.59. The minimum Gasteiger partial charge on any atom is -0.390 e. The second kappa shape index (κ2) is 1.89. The second-order valence-corrected chi connectivity index (χ2v) is 5.89. The van der Waals surface area contributed by atoms with Crippen molar-refractivity contribution in [1.82, 2.24) is 0 Å². The highest BCUT2D eigenvalue weighted by molar-refractivity contribution is 5.22. The predicted molar refractivity (Wildman–Crippen MR) is 49.9 cm³/mol. The molecule has 70 valence electrons.